The highest BCUT2D eigenvalue weighted by atomic mass is 32.2. The molecule has 0 aromatic heterocycles. The van der Waals surface area contributed by atoms with E-state index in [1.165, 1.54) is 25.7 Å². The Balaban J connectivity index is 2.04. The zero-order valence-corrected chi connectivity index (χ0v) is 10.0. The minimum absolute atomic E-state index is 0.0399. The number of nitrogens with two attached hydrogens (primary N) is 1. The van der Waals surface area contributed by atoms with Crippen LogP contribution in [0.5, 0.6) is 0 Å². The average molecular weight is 232 g/mol. The van der Waals surface area contributed by atoms with Gasteiger partial charge < -0.3 is 5.73 Å². The molecule has 1 heterocycles. The third-order valence-corrected chi connectivity index (χ3v) is 5.53. The first-order valence-corrected chi connectivity index (χ1v) is 7.50. The molecule has 2 fully saturated rings. The van der Waals surface area contributed by atoms with Gasteiger partial charge in [-0.2, -0.15) is 0 Å². The molecule has 2 atom stereocenters. The summed E-state index contributed by atoms with van der Waals surface area (Å²) >= 11 is 0. The quantitative estimate of drug-likeness (QED) is 0.727. The Kier molecular flexibility index (Phi) is 3.05. The van der Waals surface area contributed by atoms with E-state index in [2.05, 4.69) is 4.90 Å². The van der Waals surface area contributed by atoms with Crippen molar-refractivity contribution >= 4 is 9.84 Å². The predicted molar refractivity (Wildman–Crippen MR) is 60.4 cm³/mol. The fraction of sp³-hybridized carbons (Fsp3) is 1.00. The van der Waals surface area contributed by atoms with Gasteiger partial charge in [-0.05, 0) is 19.9 Å². The lowest BCUT2D eigenvalue weighted by molar-refractivity contribution is 0.177. The molecule has 0 aromatic rings. The van der Waals surface area contributed by atoms with Crippen LogP contribution in [0.1, 0.15) is 25.7 Å². The van der Waals surface area contributed by atoms with Crippen LogP contribution in [-0.2, 0) is 9.84 Å². The van der Waals surface area contributed by atoms with Crippen LogP contribution in [-0.4, -0.2) is 50.0 Å². The molecule has 0 radical (unpaired) electrons. The van der Waals surface area contributed by atoms with Gasteiger partial charge in [-0.25, -0.2) is 8.42 Å². The Morgan fingerprint density at radius 3 is 2.27 bits per heavy atom. The van der Waals surface area contributed by atoms with E-state index in [9.17, 15) is 8.42 Å². The molecular weight excluding hydrogens is 212 g/mol. The van der Waals surface area contributed by atoms with Crippen molar-refractivity contribution in [3.63, 3.8) is 0 Å². The summed E-state index contributed by atoms with van der Waals surface area (Å²) in [4.78, 5) is 2.21. The molecule has 4 nitrogen and oxygen atoms in total. The monoisotopic (exact) mass is 232 g/mol. The second-order valence-electron chi connectivity index (χ2n) is 4.91. The molecule has 0 spiro atoms. The smallest absolute Gasteiger partial charge is 0.153 e. The molecule has 2 unspecified atom stereocenters. The second-order valence-corrected chi connectivity index (χ2v) is 7.07. The topological polar surface area (TPSA) is 63.4 Å². The highest BCUT2D eigenvalue weighted by Gasteiger charge is 2.39. The maximum atomic E-state index is 11.5. The number of rotatable bonds is 2. The molecule has 2 aliphatic rings. The van der Waals surface area contributed by atoms with E-state index in [0.29, 0.717) is 6.04 Å². The molecule has 2 N–H and O–H groups in total. The van der Waals surface area contributed by atoms with Gasteiger partial charge in [0.2, 0.25) is 0 Å². The Hall–Kier alpha value is -0.130. The summed E-state index contributed by atoms with van der Waals surface area (Å²) in [6.07, 6.45) is 4.92. The van der Waals surface area contributed by atoms with Gasteiger partial charge in [-0.3, -0.25) is 4.90 Å². The van der Waals surface area contributed by atoms with E-state index in [-0.39, 0.29) is 23.6 Å². The van der Waals surface area contributed by atoms with Crippen molar-refractivity contribution in [2.45, 2.75) is 43.8 Å². The second kappa shape index (κ2) is 4.03. The van der Waals surface area contributed by atoms with Crippen LogP contribution in [0, 0.1) is 0 Å². The predicted octanol–water partition coefficient (Wildman–Crippen LogP) is -0.0149. The zero-order chi connectivity index (χ0) is 11.1. The number of likely N-dealkylation sites (N-methyl/N-ethyl adjacent to an activating group) is 1. The summed E-state index contributed by atoms with van der Waals surface area (Å²) in [5.41, 5.74) is 5.90. The molecule has 5 heteroatoms. The van der Waals surface area contributed by atoms with E-state index in [0.717, 1.165) is 0 Å². The van der Waals surface area contributed by atoms with Crippen LogP contribution in [0.3, 0.4) is 0 Å². The lowest BCUT2D eigenvalue weighted by Crippen LogP contribution is -2.48. The van der Waals surface area contributed by atoms with Crippen LogP contribution < -0.4 is 5.73 Å². The highest BCUT2D eigenvalue weighted by Crippen LogP contribution is 2.27. The van der Waals surface area contributed by atoms with Crippen LogP contribution in [0.2, 0.25) is 0 Å². The van der Waals surface area contributed by atoms with Crippen LogP contribution in [0.25, 0.3) is 0 Å². The third-order valence-electron chi connectivity index (χ3n) is 3.79. The molecule has 2 rings (SSSR count). The lowest BCUT2D eigenvalue weighted by Gasteiger charge is -2.31. The minimum atomic E-state index is -2.89. The van der Waals surface area contributed by atoms with Crippen molar-refractivity contribution in [2.75, 3.05) is 18.6 Å². The zero-order valence-electron chi connectivity index (χ0n) is 9.22. The molecule has 1 saturated carbocycles. The first-order chi connectivity index (χ1) is 6.99. The maximum absolute atomic E-state index is 11.5. The number of hydrogen-bond acceptors (Lipinski definition) is 4. The third kappa shape index (κ3) is 2.34. The lowest BCUT2D eigenvalue weighted by atomic mass is 10.1. The standard InChI is InChI=1S/C10H20N2O2S/c1-12(8-4-2-3-5-8)10-7-15(13,14)6-9(10)11/h8-10H,2-7,11H2,1H3. The number of nitrogens with zero attached hydrogens (tertiary/aromatic N) is 1. The van der Waals surface area contributed by atoms with Crippen molar-refractivity contribution in [1.82, 2.24) is 4.90 Å². The Morgan fingerprint density at radius 1 is 1.20 bits per heavy atom. The molecular formula is C10H20N2O2S. The molecule has 0 aromatic carbocycles. The van der Waals surface area contributed by atoms with Crippen LogP contribution in [0.4, 0.5) is 0 Å². The first kappa shape index (κ1) is 11.4. The molecule has 1 aliphatic carbocycles. The van der Waals surface area contributed by atoms with Crippen molar-refractivity contribution in [1.29, 1.82) is 0 Å². The normalized spacial score (nSPS) is 36.5. The van der Waals surface area contributed by atoms with E-state index in [1.807, 2.05) is 7.05 Å². The maximum Gasteiger partial charge on any atom is 0.153 e. The van der Waals surface area contributed by atoms with Gasteiger partial charge in [0.25, 0.3) is 0 Å². The van der Waals surface area contributed by atoms with Crippen molar-refractivity contribution in [3.05, 3.63) is 0 Å². The summed E-state index contributed by atoms with van der Waals surface area (Å²) in [5.74, 6) is 0.413. The molecule has 1 aliphatic heterocycles. The van der Waals surface area contributed by atoms with Crippen LogP contribution in [0.15, 0.2) is 0 Å². The van der Waals surface area contributed by atoms with E-state index in [4.69, 9.17) is 5.73 Å². The van der Waals surface area contributed by atoms with Gasteiger partial charge in [-0.1, -0.05) is 12.8 Å². The highest BCUT2D eigenvalue weighted by molar-refractivity contribution is 7.91. The molecule has 0 amide bonds. The molecule has 15 heavy (non-hydrogen) atoms. The van der Waals surface area contributed by atoms with Crippen molar-refractivity contribution in [2.24, 2.45) is 5.73 Å². The van der Waals surface area contributed by atoms with Crippen molar-refractivity contribution in [3.8, 4) is 0 Å². The van der Waals surface area contributed by atoms with Gasteiger partial charge >= 0.3 is 0 Å². The Bertz CT molecular complexity index is 322. The fourth-order valence-electron chi connectivity index (χ4n) is 2.86. The SMILES string of the molecule is CN(C1CCCC1)C1CS(=O)(=O)CC1N. The summed E-state index contributed by atoms with van der Waals surface area (Å²) in [5, 5.41) is 0. The summed E-state index contributed by atoms with van der Waals surface area (Å²) < 4.78 is 22.9. The largest absolute Gasteiger partial charge is 0.325 e. The van der Waals surface area contributed by atoms with Gasteiger partial charge in [0.05, 0.1) is 11.5 Å². The van der Waals surface area contributed by atoms with Crippen LogP contribution >= 0.6 is 0 Å². The van der Waals surface area contributed by atoms with E-state index >= 15 is 0 Å². The summed E-state index contributed by atoms with van der Waals surface area (Å²) in [6.45, 7) is 0. The van der Waals surface area contributed by atoms with Gasteiger partial charge in [0.15, 0.2) is 9.84 Å². The Labute approximate surface area is 91.7 Å². The minimum Gasteiger partial charge on any atom is -0.325 e. The van der Waals surface area contributed by atoms with Gasteiger partial charge in [-0.15, -0.1) is 0 Å². The summed E-state index contributed by atoms with van der Waals surface area (Å²) in [7, 11) is -0.857. The van der Waals surface area contributed by atoms with Gasteiger partial charge in [0.1, 0.15) is 0 Å². The molecule has 1 saturated heterocycles. The number of hydrogen-bond donors (Lipinski definition) is 1. The molecule has 88 valence electrons. The number of sulfone groups is 1. The first-order valence-electron chi connectivity index (χ1n) is 5.67. The molecule has 0 bridgehead atoms. The summed E-state index contributed by atoms with van der Waals surface area (Å²) in [6, 6.07) is 0.396. The van der Waals surface area contributed by atoms with E-state index < -0.39 is 9.84 Å². The Morgan fingerprint density at radius 2 is 1.80 bits per heavy atom. The van der Waals surface area contributed by atoms with Crippen molar-refractivity contribution < 1.29 is 8.42 Å². The van der Waals surface area contributed by atoms with E-state index in [1.54, 1.807) is 0 Å². The van der Waals surface area contributed by atoms with Gasteiger partial charge in [0, 0.05) is 18.1 Å². The fourth-order valence-corrected chi connectivity index (χ4v) is 4.81. The average Bonchev–Trinajstić information content (AvgIpc) is 2.71.